The number of benzene rings is 1. The lowest BCUT2D eigenvalue weighted by Crippen LogP contribution is -2.49. The number of hydrogen-bond acceptors (Lipinski definition) is 10. The van der Waals surface area contributed by atoms with Crippen LogP contribution in [0.25, 0.3) is 0 Å². The van der Waals surface area contributed by atoms with Crippen LogP contribution in [0, 0.1) is 0 Å². The molecular formula is C27H48O11S. The van der Waals surface area contributed by atoms with E-state index in [0.29, 0.717) is 52.7 Å². The maximum absolute atomic E-state index is 10.9. The van der Waals surface area contributed by atoms with Crippen LogP contribution in [0.4, 0.5) is 0 Å². The topological polar surface area (TPSA) is 128 Å². The van der Waals surface area contributed by atoms with Crippen LogP contribution in [0.5, 0.6) is 0 Å². The maximum atomic E-state index is 10.9. The first-order chi connectivity index (χ1) is 18.7. The average molecular weight is 581 g/mol. The van der Waals surface area contributed by atoms with Gasteiger partial charge in [0.2, 0.25) is 0 Å². The molecule has 228 valence electrons. The van der Waals surface area contributed by atoms with Crippen LogP contribution in [0.1, 0.15) is 39.7 Å². The summed E-state index contributed by atoms with van der Waals surface area (Å²) in [4.78, 5) is 0. The minimum absolute atomic E-state index is 0.0215. The molecule has 12 heteroatoms. The molecule has 0 aromatic heterocycles. The second-order valence-corrected chi connectivity index (χ2v) is 10.5. The molecule has 0 aliphatic carbocycles. The largest absolute Gasteiger partial charge is 0.382 e. The summed E-state index contributed by atoms with van der Waals surface area (Å²) >= 11 is 0. The van der Waals surface area contributed by atoms with Gasteiger partial charge >= 0.3 is 0 Å². The average Bonchev–Trinajstić information content (AvgIpc) is 2.89. The minimum Gasteiger partial charge on any atom is -0.382 e. The zero-order valence-electron chi connectivity index (χ0n) is 24.0. The molecule has 1 aromatic carbocycles. The molecule has 1 aromatic rings. The van der Waals surface area contributed by atoms with E-state index < -0.39 is 34.4 Å². The van der Waals surface area contributed by atoms with E-state index in [1.807, 2.05) is 58.0 Å². The van der Waals surface area contributed by atoms with Crippen molar-refractivity contribution in [3.63, 3.8) is 0 Å². The summed E-state index contributed by atoms with van der Waals surface area (Å²) in [6.45, 7) is 10.5. The molecule has 4 unspecified atom stereocenters. The second-order valence-electron chi connectivity index (χ2n) is 9.12. The van der Waals surface area contributed by atoms with Crippen LogP contribution in [0.15, 0.2) is 30.3 Å². The zero-order valence-corrected chi connectivity index (χ0v) is 24.8. The fourth-order valence-electron chi connectivity index (χ4n) is 3.67. The summed E-state index contributed by atoms with van der Waals surface area (Å²) in [5.41, 5.74) is 1.07. The van der Waals surface area contributed by atoms with E-state index in [-0.39, 0.29) is 25.4 Å². The molecular weight excluding hydrogens is 532 g/mol. The molecule has 1 N–H and O–H groups in total. The van der Waals surface area contributed by atoms with Crippen LogP contribution >= 0.6 is 0 Å². The first-order valence-electron chi connectivity index (χ1n) is 13.4. The first kappa shape index (κ1) is 35.8. The van der Waals surface area contributed by atoms with E-state index in [9.17, 15) is 8.42 Å². The summed E-state index contributed by atoms with van der Waals surface area (Å²) < 4.78 is 76.7. The SMILES string of the molecule is CCC(OCCOC)C(OCCOC(C)C)C(OCCOCc1ccccc1)C(C)OCCOCS(=O)(=O)O. The van der Waals surface area contributed by atoms with Crippen LogP contribution in [0.2, 0.25) is 0 Å². The molecule has 0 bridgehead atoms. The smallest absolute Gasteiger partial charge is 0.289 e. The number of methoxy groups -OCH3 is 1. The Bertz CT molecular complexity index is 807. The third kappa shape index (κ3) is 18.0. The highest BCUT2D eigenvalue weighted by Gasteiger charge is 2.35. The Morgan fingerprint density at radius 3 is 1.97 bits per heavy atom. The summed E-state index contributed by atoms with van der Waals surface area (Å²) in [5, 5.41) is 0. The van der Waals surface area contributed by atoms with Gasteiger partial charge in [-0.25, -0.2) is 0 Å². The molecule has 0 aliphatic heterocycles. The predicted molar refractivity (Wildman–Crippen MR) is 146 cm³/mol. The van der Waals surface area contributed by atoms with Crippen molar-refractivity contribution in [2.45, 2.75) is 71.2 Å². The Morgan fingerprint density at radius 2 is 1.33 bits per heavy atom. The molecule has 0 fully saturated rings. The number of rotatable bonds is 25. The molecule has 0 saturated carbocycles. The van der Waals surface area contributed by atoms with Crippen LogP contribution in [-0.4, -0.2) is 109 Å². The Morgan fingerprint density at radius 1 is 0.744 bits per heavy atom. The third-order valence-corrected chi connectivity index (χ3v) is 5.97. The highest BCUT2D eigenvalue weighted by molar-refractivity contribution is 7.85. The van der Waals surface area contributed by atoms with Gasteiger partial charge in [-0.2, -0.15) is 8.42 Å². The fourth-order valence-corrected chi connectivity index (χ4v) is 3.99. The van der Waals surface area contributed by atoms with Crippen molar-refractivity contribution < 1.29 is 50.9 Å². The van der Waals surface area contributed by atoms with Gasteiger partial charge in [0.05, 0.1) is 77.8 Å². The molecule has 0 spiro atoms. The van der Waals surface area contributed by atoms with Crippen molar-refractivity contribution in [2.24, 2.45) is 0 Å². The van der Waals surface area contributed by atoms with Gasteiger partial charge in [0, 0.05) is 7.11 Å². The van der Waals surface area contributed by atoms with Gasteiger partial charge in [0.25, 0.3) is 10.1 Å². The van der Waals surface area contributed by atoms with E-state index >= 15 is 0 Å². The van der Waals surface area contributed by atoms with Crippen molar-refractivity contribution in [1.82, 2.24) is 0 Å². The van der Waals surface area contributed by atoms with E-state index in [1.165, 1.54) is 0 Å². The lowest BCUT2D eigenvalue weighted by Gasteiger charge is -2.36. The molecule has 0 heterocycles. The van der Waals surface area contributed by atoms with Gasteiger partial charge in [-0.15, -0.1) is 0 Å². The quantitative estimate of drug-likeness (QED) is 0.135. The van der Waals surface area contributed by atoms with Crippen molar-refractivity contribution in [3.05, 3.63) is 35.9 Å². The highest BCUT2D eigenvalue weighted by Crippen LogP contribution is 2.20. The number of hydrogen-bond donors (Lipinski definition) is 1. The second kappa shape index (κ2) is 21.5. The summed E-state index contributed by atoms with van der Waals surface area (Å²) in [6, 6.07) is 9.87. The normalized spacial score (nSPS) is 15.4. The van der Waals surface area contributed by atoms with Gasteiger partial charge in [0.15, 0.2) is 5.94 Å². The molecule has 11 nitrogen and oxygen atoms in total. The molecule has 0 radical (unpaired) electrons. The molecule has 0 saturated heterocycles. The molecule has 1 rings (SSSR count). The summed E-state index contributed by atoms with van der Waals surface area (Å²) in [6.07, 6.45) is -1.08. The lowest BCUT2D eigenvalue weighted by molar-refractivity contribution is -0.187. The van der Waals surface area contributed by atoms with Crippen LogP contribution < -0.4 is 0 Å². The first-order valence-corrected chi connectivity index (χ1v) is 15.0. The van der Waals surface area contributed by atoms with E-state index in [2.05, 4.69) is 0 Å². The van der Waals surface area contributed by atoms with Gasteiger partial charge in [-0.1, -0.05) is 37.3 Å². The van der Waals surface area contributed by atoms with E-state index in [4.69, 9.17) is 42.4 Å². The molecule has 39 heavy (non-hydrogen) atoms. The molecule has 0 aliphatic rings. The van der Waals surface area contributed by atoms with Crippen molar-refractivity contribution >= 4 is 10.1 Å². The molecule has 4 atom stereocenters. The van der Waals surface area contributed by atoms with Crippen molar-refractivity contribution in [3.8, 4) is 0 Å². The summed E-state index contributed by atoms with van der Waals surface area (Å²) in [5.74, 6) is -0.795. The monoisotopic (exact) mass is 580 g/mol. The lowest BCUT2D eigenvalue weighted by atomic mass is 10.0. The standard InChI is InChI=1S/C27H48O11S/c1-6-25(36-15-12-31-5)27(38-19-18-34-22(2)3)26(23(4)35-16-14-33-21-39(28,29)30)37-17-13-32-20-24-10-8-7-9-11-24/h7-11,22-23,25-27H,6,12-21H2,1-5H3,(H,28,29,30). The van der Waals surface area contributed by atoms with Gasteiger partial charge in [-0.3, -0.25) is 4.55 Å². The van der Waals surface area contributed by atoms with Crippen molar-refractivity contribution in [1.29, 1.82) is 0 Å². The highest BCUT2D eigenvalue weighted by atomic mass is 32.2. The Kier molecular flexibility index (Phi) is 19.8. The van der Waals surface area contributed by atoms with E-state index in [0.717, 1.165) is 5.56 Å². The fraction of sp³-hybridized carbons (Fsp3) is 0.778. The zero-order chi connectivity index (χ0) is 28.9. The van der Waals surface area contributed by atoms with Gasteiger partial charge < -0.3 is 37.9 Å². The third-order valence-electron chi connectivity index (χ3n) is 5.51. The molecule has 0 amide bonds. The van der Waals surface area contributed by atoms with Gasteiger partial charge in [0.1, 0.15) is 12.2 Å². The maximum Gasteiger partial charge on any atom is 0.289 e. The predicted octanol–water partition coefficient (Wildman–Crippen LogP) is 3.11. The van der Waals surface area contributed by atoms with Crippen LogP contribution in [0.3, 0.4) is 0 Å². The minimum atomic E-state index is -4.21. The van der Waals surface area contributed by atoms with Crippen LogP contribution in [-0.2, 0) is 54.6 Å². The van der Waals surface area contributed by atoms with E-state index in [1.54, 1.807) is 7.11 Å². The number of ether oxygens (including phenoxy) is 8. The van der Waals surface area contributed by atoms with Gasteiger partial charge in [-0.05, 0) is 32.8 Å². The Balaban J connectivity index is 2.87. The Labute approximate surface area is 234 Å². The summed E-state index contributed by atoms with van der Waals surface area (Å²) in [7, 11) is -2.60. The Hall–Kier alpha value is -1.19. The van der Waals surface area contributed by atoms with Crippen molar-refractivity contribution in [2.75, 3.05) is 65.9 Å².